The maximum absolute atomic E-state index is 9.95. The Balaban J connectivity index is 3.67. The van der Waals surface area contributed by atoms with E-state index in [1.54, 1.807) is 0 Å². The van der Waals surface area contributed by atoms with E-state index in [9.17, 15) is 4.57 Å². The summed E-state index contributed by atoms with van der Waals surface area (Å²) in [5.74, 6) is 0. The number of hydrogen-bond donors (Lipinski definition) is 2. The standard InChI is InChI=1S/CH2Cl3O4PS/c2-1(3,4)10-8-9(5,6)7/h(H2,5,6,7). The Bertz CT molecular complexity index is 149. The normalized spacial score (nSPS) is 13.7. The van der Waals surface area contributed by atoms with Gasteiger partial charge in [-0.05, 0) is 0 Å². The SMILES string of the molecule is O=P(O)(O)OSC(Cl)(Cl)Cl. The van der Waals surface area contributed by atoms with E-state index in [4.69, 9.17) is 44.6 Å². The number of alkyl halides is 3. The van der Waals surface area contributed by atoms with Gasteiger partial charge in [0.2, 0.25) is 0 Å². The molecule has 0 rings (SSSR count). The van der Waals surface area contributed by atoms with Gasteiger partial charge in [0.05, 0.1) is 12.0 Å². The molecule has 2 N–H and O–H groups in total. The monoisotopic (exact) mass is 246 g/mol. The second-order valence-corrected chi connectivity index (χ2v) is 6.40. The fourth-order valence-corrected chi connectivity index (χ4v) is 1.58. The summed E-state index contributed by atoms with van der Waals surface area (Å²) in [7, 11) is -4.55. The van der Waals surface area contributed by atoms with Crippen LogP contribution >= 0.6 is 54.7 Å². The number of rotatable bonds is 2. The van der Waals surface area contributed by atoms with Gasteiger partial charge in [-0.2, -0.15) is 0 Å². The molecule has 0 saturated carbocycles. The molecule has 0 aliphatic rings. The van der Waals surface area contributed by atoms with Gasteiger partial charge in [-0.25, -0.2) is 8.54 Å². The van der Waals surface area contributed by atoms with Crippen molar-refractivity contribution in [3.8, 4) is 0 Å². The number of hydrogen-bond acceptors (Lipinski definition) is 3. The molecular formula is CH2Cl3O4PS. The van der Waals surface area contributed by atoms with Crippen LogP contribution in [-0.2, 0) is 8.54 Å². The van der Waals surface area contributed by atoms with Gasteiger partial charge in [0.1, 0.15) is 0 Å². The molecular weight excluding hydrogens is 245 g/mol. The van der Waals surface area contributed by atoms with Crippen molar-refractivity contribution >= 4 is 54.7 Å². The molecule has 4 nitrogen and oxygen atoms in total. The molecule has 0 heterocycles. The second-order valence-electron chi connectivity index (χ2n) is 1.09. The molecule has 0 radical (unpaired) electrons. The van der Waals surface area contributed by atoms with Crippen molar-refractivity contribution in [2.45, 2.75) is 3.12 Å². The van der Waals surface area contributed by atoms with E-state index in [2.05, 4.69) is 3.97 Å². The number of halogens is 3. The Kier molecular flexibility index (Phi) is 4.34. The smallest absolute Gasteiger partial charge is 0.302 e. The Morgan fingerprint density at radius 1 is 1.40 bits per heavy atom. The summed E-state index contributed by atoms with van der Waals surface area (Å²) in [6, 6.07) is 0. The van der Waals surface area contributed by atoms with Crippen LogP contribution in [0, 0.1) is 0 Å². The van der Waals surface area contributed by atoms with Crippen molar-refractivity contribution in [1.82, 2.24) is 0 Å². The molecule has 0 spiro atoms. The maximum Gasteiger partial charge on any atom is 0.480 e. The Labute approximate surface area is 76.2 Å². The summed E-state index contributed by atoms with van der Waals surface area (Å²) in [6.45, 7) is 0. The lowest BCUT2D eigenvalue weighted by atomic mass is 11.8. The minimum atomic E-state index is -4.55. The summed E-state index contributed by atoms with van der Waals surface area (Å²) in [5.41, 5.74) is 0. The summed E-state index contributed by atoms with van der Waals surface area (Å²) in [5, 5.41) is 0. The van der Waals surface area contributed by atoms with Gasteiger partial charge < -0.3 is 9.79 Å². The predicted octanol–water partition coefficient (Wildman–Crippen LogP) is 2.07. The van der Waals surface area contributed by atoms with Crippen LogP contribution in [0.1, 0.15) is 0 Å². The van der Waals surface area contributed by atoms with E-state index in [1.165, 1.54) is 0 Å². The van der Waals surface area contributed by atoms with Crippen molar-refractivity contribution in [2.75, 3.05) is 0 Å². The minimum absolute atomic E-state index is 0.0737. The third-order valence-corrected chi connectivity index (χ3v) is 2.06. The van der Waals surface area contributed by atoms with E-state index in [0.717, 1.165) is 0 Å². The van der Waals surface area contributed by atoms with E-state index < -0.39 is 10.9 Å². The fourth-order valence-electron chi connectivity index (χ4n) is 0.0908. The highest BCUT2D eigenvalue weighted by Gasteiger charge is 2.27. The summed E-state index contributed by atoms with van der Waals surface area (Å²) in [4.78, 5) is 16.1. The Morgan fingerprint density at radius 3 is 1.90 bits per heavy atom. The van der Waals surface area contributed by atoms with Gasteiger partial charge in [0.25, 0.3) is 3.12 Å². The summed E-state index contributed by atoms with van der Waals surface area (Å²) < 4.78 is 11.9. The maximum atomic E-state index is 9.95. The molecule has 0 aromatic heterocycles. The zero-order chi connectivity index (χ0) is 8.41. The van der Waals surface area contributed by atoms with Gasteiger partial charge in [0, 0.05) is 0 Å². The topological polar surface area (TPSA) is 66.8 Å². The van der Waals surface area contributed by atoms with Crippen molar-refractivity contribution in [3.05, 3.63) is 0 Å². The van der Waals surface area contributed by atoms with Crippen LogP contribution in [0.4, 0.5) is 0 Å². The molecule has 62 valence electrons. The molecule has 0 aliphatic heterocycles. The molecule has 10 heavy (non-hydrogen) atoms. The summed E-state index contributed by atoms with van der Waals surface area (Å²) >= 11 is 15.3. The first-order chi connectivity index (χ1) is 4.21. The lowest BCUT2D eigenvalue weighted by Gasteiger charge is -2.08. The highest BCUT2D eigenvalue weighted by molar-refractivity contribution is 8.03. The Morgan fingerprint density at radius 2 is 1.80 bits per heavy atom. The largest absolute Gasteiger partial charge is 0.480 e. The van der Waals surface area contributed by atoms with Crippen LogP contribution in [0.2, 0.25) is 0 Å². The van der Waals surface area contributed by atoms with Gasteiger partial charge in [-0.3, -0.25) is 0 Å². The third-order valence-electron chi connectivity index (χ3n) is 0.229. The lowest BCUT2D eigenvalue weighted by Crippen LogP contribution is -1.94. The third kappa shape index (κ3) is 9.33. The van der Waals surface area contributed by atoms with Crippen LogP contribution in [0.3, 0.4) is 0 Å². The van der Waals surface area contributed by atoms with E-state index in [1.807, 2.05) is 0 Å². The van der Waals surface area contributed by atoms with Crippen LogP contribution in [0.25, 0.3) is 0 Å². The lowest BCUT2D eigenvalue weighted by molar-refractivity contribution is 0.298. The molecule has 0 unspecified atom stereocenters. The first-order valence-electron chi connectivity index (χ1n) is 1.70. The molecule has 0 fully saturated rings. The minimum Gasteiger partial charge on any atom is -0.302 e. The molecule has 0 saturated heterocycles. The average Bonchev–Trinajstić information content (AvgIpc) is 1.57. The summed E-state index contributed by atoms with van der Waals surface area (Å²) in [6.07, 6.45) is 0. The van der Waals surface area contributed by atoms with Crippen molar-refractivity contribution in [2.24, 2.45) is 0 Å². The van der Waals surface area contributed by atoms with Gasteiger partial charge in [-0.1, -0.05) is 34.8 Å². The van der Waals surface area contributed by atoms with Crippen LogP contribution in [-0.4, -0.2) is 12.9 Å². The molecule has 0 bridgehead atoms. The highest BCUT2D eigenvalue weighted by Crippen LogP contribution is 2.49. The number of phosphoric acid groups is 1. The van der Waals surface area contributed by atoms with E-state index >= 15 is 0 Å². The fraction of sp³-hybridized carbons (Fsp3) is 1.00. The van der Waals surface area contributed by atoms with Crippen molar-refractivity contribution in [1.29, 1.82) is 0 Å². The quantitative estimate of drug-likeness (QED) is 0.444. The molecule has 0 aromatic rings. The molecule has 0 atom stereocenters. The van der Waals surface area contributed by atoms with Crippen LogP contribution in [0.15, 0.2) is 0 Å². The van der Waals surface area contributed by atoms with Crippen molar-refractivity contribution in [3.63, 3.8) is 0 Å². The zero-order valence-corrected chi connectivity index (χ0v) is 8.18. The van der Waals surface area contributed by atoms with Gasteiger partial charge in [0.15, 0.2) is 0 Å². The van der Waals surface area contributed by atoms with Crippen molar-refractivity contribution < 1.29 is 18.3 Å². The van der Waals surface area contributed by atoms with Crippen LogP contribution in [0.5, 0.6) is 0 Å². The van der Waals surface area contributed by atoms with Crippen LogP contribution < -0.4 is 0 Å². The van der Waals surface area contributed by atoms with E-state index in [0.29, 0.717) is 0 Å². The average molecular weight is 247 g/mol. The first kappa shape index (κ1) is 11.3. The molecule has 0 amide bonds. The zero-order valence-electron chi connectivity index (χ0n) is 4.20. The predicted molar refractivity (Wildman–Crippen MR) is 41.0 cm³/mol. The van der Waals surface area contributed by atoms with E-state index in [-0.39, 0.29) is 12.0 Å². The molecule has 9 heteroatoms. The second kappa shape index (κ2) is 3.83. The highest BCUT2D eigenvalue weighted by atomic mass is 35.6. The Hall–Kier alpha value is 1.33. The van der Waals surface area contributed by atoms with Gasteiger partial charge in [-0.15, -0.1) is 0 Å². The molecule has 0 aromatic carbocycles. The van der Waals surface area contributed by atoms with Gasteiger partial charge >= 0.3 is 7.82 Å². The molecule has 0 aliphatic carbocycles. The first-order valence-corrected chi connectivity index (χ1v) is 5.11.